The number of nitrogens with two attached hydrogens (primary N) is 1. The van der Waals surface area contributed by atoms with Crippen molar-refractivity contribution in [2.45, 2.75) is 0 Å². The molecule has 2 N–H and O–H groups in total. The lowest BCUT2D eigenvalue weighted by atomic mass is 10.0. The molecule has 0 radical (unpaired) electrons. The lowest BCUT2D eigenvalue weighted by molar-refractivity contribution is 1.09. The van der Waals surface area contributed by atoms with Crippen molar-refractivity contribution in [2.24, 2.45) is 4.99 Å². The molecule has 0 fully saturated rings. The number of rotatable bonds is 3. The first-order valence-corrected chi connectivity index (χ1v) is 8.50. The Bertz CT molecular complexity index is 1050. The molecule has 4 nitrogen and oxygen atoms in total. The second-order valence-corrected chi connectivity index (χ2v) is 6.26. The number of nitrogens with zero attached hydrogens (tertiary/aromatic N) is 3. The van der Waals surface area contributed by atoms with Crippen molar-refractivity contribution in [1.29, 1.82) is 0 Å². The highest BCUT2D eigenvalue weighted by molar-refractivity contribution is 6.32. The van der Waals surface area contributed by atoms with Crippen molar-refractivity contribution in [1.82, 2.24) is 10.2 Å². The Morgan fingerprint density at radius 2 is 1.42 bits per heavy atom. The molecule has 0 saturated heterocycles. The molecule has 0 unspecified atom stereocenters. The zero-order valence-corrected chi connectivity index (χ0v) is 14.6. The van der Waals surface area contributed by atoms with E-state index in [-0.39, 0.29) is 0 Å². The Morgan fingerprint density at radius 3 is 2.04 bits per heavy atom. The van der Waals surface area contributed by atoms with E-state index < -0.39 is 0 Å². The minimum absolute atomic E-state index is 0.348. The van der Waals surface area contributed by atoms with Gasteiger partial charge in [0, 0.05) is 21.5 Å². The Hall–Kier alpha value is -3.24. The van der Waals surface area contributed by atoms with Gasteiger partial charge in [-0.1, -0.05) is 72.3 Å². The SMILES string of the molecule is Nc1cc2cc(Cl)cc(N=C(c3ccccc3)c3ccccc3)c2nn1. The van der Waals surface area contributed by atoms with Gasteiger partial charge in [0.05, 0.1) is 11.4 Å². The largest absolute Gasteiger partial charge is 0.382 e. The van der Waals surface area contributed by atoms with E-state index in [0.717, 1.165) is 22.2 Å². The molecule has 0 amide bonds. The van der Waals surface area contributed by atoms with Crippen LogP contribution in [0.15, 0.2) is 83.9 Å². The van der Waals surface area contributed by atoms with E-state index in [9.17, 15) is 0 Å². The first kappa shape index (κ1) is 16.2. The zero-order chi connectivity index (χ0) is 17.9. The van der Waals surface area contributed by atoms with Crippen LogP contribution in [0.4, 0.5) is 11.5 Å². The summed E-state index contributed by atoms with van der Waals surface area (Å²) in [5, 5.41) is 9.57. The van der Waals surface area contributed by atoms with Crippen LogP contribution in [0.5, 0.6) is 0 Å². The third-order valence-electron chi connectivity index (χ3n) is 3.98. The van der Waals surface area contributed by atoms with Crippen LogP contribution in [0.3, 0.4) is 0 Å². The monoisotopic (exact) mass is 358 g/mol. The zero-order valence-electron chi connectivity index (χ0n) is 13.8. The van der Waals surface area contributed by atoms with Crippen LogP contribution in [-0.4, -0.2) is 15.9 Å². The Balaban J connectivity index is 1.97. The molecule has 0 aliphatic carbocycles. The maximum Gasteiger partial charge on any atom is 0.146 e. The van der Waals surface area contributed by atoms with Crippen LogP contribution >= 0.6 is 11.6 Å². The first-order valence-electron chi connectivity index (χ1n) is 8.13. The minimum Gasteiger partial charge on any atom is -0.382 e. The third-order valence-corrected chi connectivity index (χ3v) is 4.20. The topological polar surface area (TPSA) is 64.2 Å². The number of aliphatic imine (C=N–C) groups is 1. The second kappa shape index (κ2) is 6.94. The molecule has 3 aromatic carbocycles. The number of hydrogen-bond acceptors (Lipinski definition) is 4. The van der Waals surface area contributed by atoms with E-state index in [4.69, 9.17) is 22.3 Å². The van der Waals surface area contributed by atoms with Gasteiger partial charge in [-0.25, -0.2) is 4.99 Å². The average Bonchev–Trinajstić information content (AvgIpc) is 2.67. The van der Waals surface area contributed by atoms with Gasteiger partial charge >= 0.3 is 0 Å². The molecule has 0 atom stereocenters. The molecule has 0 aliphatic rings. The fraction of sp³-hybridized carbons (Fsp3) is 0. The summed E-state index contributed by atoms with van der Waals surface area (Å²) in [7, 11) is 0. The van der Waals surface area contributed by atoms with Crippen LogP contribution < -0.4 is 5.73 Å². The number of hydrogen-bond donors (Lipinski definition) is 1. The average molecular weight is 359 g/mol. The number of anilines is 1. The van der Waals surface area contributed by atoms with E-state index in [1.165, 1.54) is 0 Å². The summed E-state index contributed by atoms with van der Waals surface area (Å²) in [6.45, 7) is 0. The lowest BCUT2D eigenvalue weighted by Crippen LogP contribution is -2.03. The Morgan fingerprint density at radius 1 is 0.808 bits per heavy atom. The van der Waals surface area contributed by atoms with Gasteiger partial charge in [0.15, 0.2) is 0 Å². The van der Waals surface area contributed by atoms with Crippen molar-refractivity contribution in [3.8, 4) is 0 Å². The standard InChI is InChI=1S/C21H15ClN4/c22-17-11-16-12-19(23)25-26-21(16)18(13-17)24-20(14-7-3-1-4-8-14)15-9-5-2-6-10-15/h1-13H,(H2,23,25). The maximum absolute atomic E-state index is 6.29. The molecule has 0 spiro atoms. The Kier molecular flexibility index (Phi) is 4.33. The van der Waals surface area contributed by atoms with Gasteiger partial charge in [-0.15, -0.1) is 10.2 Å². The number of fused-ring (bicyclic) bond motifs is 1. The van der Waals surface area contributed by atoms with Gasteiger partial charge in [0.25, 0.3) is 0 Å². The lowest BCUT2D eigenvalue weighted by Gasteiger charge is -2.09. The van der Waals surface area contributed by atoms with E-state index in [1.54, 1.807) is 12.1 Å². The summed E-state index contributed by atoms with van der Waals surface area (Å²) < 4.78 is 0. The number of benzene rings is 3. The van der Waals surface area contributed by atoms with Crippen LogP contribution in [0, 0.1) is 0 Å². The highest BCUT2D eigenvalue weighted by atomic mass is 35.5. The highest BCUT2D eigenvalue weighted by Crippen LogP contribution is 2.30. The fourth-order valence-corrected chi connectivity index (χ4v) is 3.03. The van der Waals surface area contributed by atoms with Gasteiger partial charge in [-0.2, -0.15) is 0 Å². The normalized spacial score (nSPS) is 10.7. The number of halogens is 1. The maximum atomic E-state index is 6.29. The quantitative estimate of drug-likeness (QED) is 0.522. The highest BCUT2D eigenvalue weighted by Gasteiger charge is 2.11. The summed E-state index contributed by atoms with van der Waals surface area (Å²) in [5.74, 6) is 0.348. The van der Waals surface area contributed by atoms with Crippen molar-refractivity contribution < 1.29 is 0 Å². The molecule has 4 rings (SSSR count). The summed E-state index contributed by atoms with van der Waals surface area (Å²) in [6, 6.07) is 25.4. The molecule has 126 valence electrons. The fourth-order valence-electron chi connectivity index (χ4n) is 2.81. The van der Waals surface area contributed by atoms with Crippen molar-refractivity contribution in [2.75, 3.05) is 5.73 Å². The van der Waals surface area contributed by atoms with Crippen LogP contribution in [-0.2, 0) is 0 Å². The van der Waals surface area contributed by atoms with E-state index >= 15 is 0 Å². The predicted molar refractivity (Wildman–Crippen MR) is 107 cm³/mol. The van der Waals surface area contributed by atoms with Gasteiger partial charge in [-0.05, 0) is 18.2 Å². The Labute approximate surface area is 156 Å². The second-order valence-electron chi connectivity index (χ2n) is 5.82. The molecular formula is C21H15ClN4. The van der Waals surface area contributed by atoms with E-state index in [1.807, 2.05) is 66.7 Å². The van der Waals surface area contributed by atoms with Crippen LogP contribution in [0.1, 0.15) is 11.1 Å². The van der Waals surface area contributed by atoms with E-state index in [0.29, 0.717) is 22.0 Å². The number of aromatic nitrogens is 2. The van der Waals surface area contributed by atoms with Gasteiger partial charge < -0.3 is 5.73 Å². The molecule has 0 aliphatic heterocycles. The number of nitrogen functional groups attached to an aromatic ring is 1. The van der Waals surface area contributed by atoms with Gasteiger partial charge in [0.2, 0.25) is 0 Å². The van der Waals surface area contributed by atoms with E-state index in [2.05, 4.69) is 10.2 Å². The molecule has 0 bridgehead atoms. The minimum atomic E-state index is 0.348. The molecule has 1 aromatic heterocycles. The predicted octanol–water partition coefficient (Wildman–Crippen LogP) is 5.03. The van der Waals surface area contributed by atoms with Crippen LogP contribution in [0.25, 0.3) is 10.9 Å². The summed E-state index contributed by atoms with van der Waals surface area (Å²) in [4.78, 5) is 4.91. The molecular weight excluding hydrogens is 344 g/mol. The van der Waals surface area contributed by atoms with Crippen molar-refractivity contribution in [3.05, 3.63) is 95.0 Å². The smallest absolute Gasteiger partial charge is 0.146 e. The van der Waals surface area contributed by atoms with Crippen molar-refractivity contribution in [3.63, 3.8) is 0 Å². The van der Waals surface area contributed by atoms with Crippen molar-refractivity contribution >= 4 is 39.7 Å². The molecule has 0 saturated carbocycles. The van der Waals surface area contributed by atoms with Gasteiger partial charge in [0.1, 0.15) is 11.3 Å². The third kappa shape index (κ3) is 3.27. The summed E-state index contributed by atoms with van der Waals surface area (Å²) in [5.41, 5.74) is 9.93. The first-order chi connectivity index (χ1) is 12.7. The molecule has 1 heterocycles. The van der Waals surface area contributed by atoms with Crippen LogP contribution in [0.2, 0.25) is 5.02 Å². The molecule has 26 heavy (non-hydrogen) atoms. The summed E-state index contributed by atoms with van der Waals surface area (Å²) >= 11 is 6.29. The summed E-state index contributed by atoms with van der Waals surface area (Å²) in [6.07, 6.45) is 0. The van der Waals surface area contributed by atoms with Gasteiger partial charge in [-0.3, -0.25) is 0 Å². The molecule has 5 heteroatoms. The molecule has 4 aromatic rings.